The summed E-state index contributed by atoms with van der Waals surface area (Å²) in [7, 11) is 0. The van der Waals surface area contributed by atoms with Gasteiger partial charge in [0.25, 0.3) is 0 Å². The van der Waals surface area contributed by atoms with Crippen molar-refractivity contribution in [2.24, 2.45) is 0 Å². The summed E-state index contributed by atoms with van der Waals surface area (Å²) in [4.78, 5) is 0. The Labute approximate surface area is 92.5 Å². The lowest BCUT2D eigenvalue weighted by Gasteiger charge is -1.52. The van der Waals surface area contributed by atoms with Crippen LogP contribution in [0.5, 0.6) is 0 Å². The molecule has 0 heteroatoms. The molecule has 0 nitrogen and oxygen atoms in total. The van der Waals surface area contributed by atoms with E-state index < -0.39 is 0 Å². The van der Waals surface area contributed by atoms with Crippen LogP contribution >= 0.6 is 0 Å². The van der Waals surface area contributed by atoms with Crippen LogP contribution in [-0.2, 0) is 0 Å². The second kappa shape index (κ2) is 60.8. The molecule has 0 saturated carbocycles. The van der Waals surface area contributed by atoms with Gasteiger partial charge in [0.1, 0.15) is 0 Å². The first kappa shape index (κ1) is 29.3. The Kier molecular flexibility index (Phi) is 127. The zero-order chi connectivity index (χ0) is 10.2. The molecule has 0 aliphatic heterocycles. The third kappa shape index (κ3) is 355. The fourth-order valence-electron chi connectivity index (χ4n) is 0. The predicted molar refractivity (Wildman–Crippen MR) is 70.8 cm³/mol. The van der Waals surface area contributed by atoms with E-state index in [1.807, 2.05) is 34.6 Å². The van der Waals surface area contributed by atoms with Crippen molar-refractivity contribution in [3.05, 3.63) is 0 Å². The van der Waals surface area contributed by atoms with Gasteiger partial charge in [-0.2, -0.15) is 0 Å². The van der Waals surface area contributed by atoms with Gasteiger partial charge in [0.15, 0.2) is 0 Å². The van der Waals surface area contributed by atoms with Gasteiger partial charge in [0.05, 0.1) is 0 Å². The van der Waals surface area contributed by atoms with Gasteiger partial charge in [0.2, 0.25) is 0 Å². The van der Waals surface area contributed by atoms with Crippen LogP contribution in [0.3, 0.4) is 0 Å². The van der Waals surface area contributed by atoms with Crippen molar-refractivity contribution in [2.45, 2.75) is 55.9 Å². The first-order valence-corrected chi connectivity index (χ1v) is 3.85. The van der Waals surface area contributed by atoms with E-state index in [0.29, 0.717) is 0 Å². The molecule has 0 fully saturated rings. The number of hydrogen-bond acceptors (Lipinski definition) is 0. The fraction of sp³-hybridized carbons (Fsp3) is 0.571. The minimum absolute atomic E-state index is 0. The first-order chi connectivity index (χ1) is 5.74. The SMILES string of the molecule is C.C.C#CCC.CC#CC.CC#CC. The topological polar surface area (TPSA) is 0 Å². The number of hydrogen-bond donors (Lipinski definition) is 0. The van der Waals surface area contributed by atoms with Crippen molar-refractivity contribution >= 4 is 0 Å². The Bertz CT molecular complexity index is 164. The summed E-state index contributed by atoms with van der Waals surface area (Å²) in [5, 5.41) is 0. The van der Waals surface area contributed by atoms with Gasteiger partial charge in [-0.1, -0.05) is 21.8 Å². The lowest BCUT2D eigenvalue weighted by Crippen LogP contribution is -1.38. The van der Waals surface area contributed by atoms with E-state index in [0.717, 1.165) is 6.42 Å². The van der Waals surface area contributed by atoms with Crippen LogP contribution < -0.4 is 0 Å². The van der Waals surface area contributed by atoms with Crippen molar-refractivity contribution in [2.75, 3.05) is 0 Å². The van der Waals surface area contributed by atoms with Gasteiger partial charge in [-0.25, -0.2) is 0 Å². The van der Waals surface area contributed by atoms with Gasteiger partial charge < -0.3 is 0 Å². The van der Waals surface area contributed by atoms with Crippen molar-refractivity contribution in [1.29, 1.82) is 0 Å². The smallest absolute Gasteiger partial charge is 0.00576 e. The molecule has 0 unspecified atom stereocenters. The normalized spacial score (nSPS) is 3.43. The largest absolute Gasteiger partial charge is 0.120 e. The Morgan fingerprint density at radius 3 is 0.929 bits per heavy atom. The fourth-order valence-corrected chi connectivity index (χ4v) is 0. The summed E-state index contributed by atoms with van der Waals surface area (Å²) in [5.74, 6) is 13.2. The second-order valence-electron chi connectivity index (χ2n) is 1.56. The standard InChI is InChI=1S/3C4H6.2CH4/c3*1-3-4-2;;/h2*1-2H3;1H,4H2,2H3;2*1H4. The Morgan fingerprint density at radius 1 is 0.786 bits per heavy atom. The summed E-state index contributed by atoms with van der Waals surface area (Å²) in [5.41, 5.74) is 0. The van der Waals surface area contributed by atoms with E-state index in [1.165, 1.54) is 0 Å². The molecule has 0 heterocycles. The molecule has 0 saturated heterocycles. The molecule has 0 aromatic carbocycles. The Balaban J connectivity index is -0.0000000270. The molecule has 0 aliphatic rings. The lowest BCUT2D eigenvalue weighted by molar-refractivity contribution is 1.28. The van der Waals surface area contributed by atoms with Gasteiger partial charge in [-0.3, -0.25) is 0 Å². The van der Waals surface area contributed by atoms with E-state index in [9.17, 15) is 0 Å². The third-order valence-electron chi connectivity index (χ3n) is 0.704. The van der Waals surface area contributed by atoms with E-state index in [-0.39, 0.29) is 14.9 Å². The maximum absolute atomic E-state index is 4.78. The molecule has 0 bridgehead atoms. The summed E-state index contributed by atoms with van der Waals surface area (Å²) >= 11 is 0. The molecule has 82 valence electrons. The Hall–Kier alpha value is -1.32. The lowest BCUT2D eigenvalue weighted by atomic mass is 10.5. The van der Waals surface area contributed by atoms with Gasteiger partial charge >= 0.3 is 0 Å². The van der Waals surface area contributed by atoms with E-state index in [4.69, 9.17) is 6.42 Å². The molecule has 0 spiro atoms. The highest BCUT2D eigenvalue weighted by molar-refractivity contribution is 4.89. The molecule has 0 N–H and O–H groups in total. The molecule has 0 aromatic heterocycles. The molecule has 0 aromatic rings. The van der Waals surface area contributed by atoms with Crippen LogP contribution in [-0.4, -0.2) is 0 Å². The summed E-state index contributed by atoms with van der Waals surface area (Å²) in [6.45, 7) is 9.22. The maximum atomic E-state index is 4.78. The van der Waals surface area contributed by atoms with Crippen LogP contribution in [0.4, 0.5) is 0 Å². The van der Waals surface area contributed by atoms with Crippen molar-refractivity contribution < 1.29 is 0 Å². The summed E-state index contributed by atoms with van der Waals surface area (Å²) < 4.78 is 0. The molecule has 0 atom stereocenters. The molecular weight excluding hydrogens is 168 g/mol. The predicted octanol–water partition coefficient (Wildman–Crippen LogP) is 4.36. The van der Waals surface area contributed by atoms with E-state index in [2.05, 4.69) is 29.6 Å². The van der Waals surface area contributed by atoms with Crippen molar-refractivity contribution in [3.8, 4) is 36.0 Å². The molecule has 0 aliphatic carbocycles. The number of rotatable bonds is 0. The highest BCUT2D eigenvalue weighted by Crippen LogP contribution is 1.58. The monoisotopic (exact) mass is 194 g/mol. The van der Waals surface area contributed by atoms with Crippen LogP contribution in [0, 0.1) is 36.0 Å². The average Bonchev–Trinajstić information content (AvgIpc) is 2.18. The van der Waals surface area contributed by atoms with Crippen molar-refractivity contribution in [1.82, 2.24) is 0 Å². The molecular formula is C14H26. The molecule has 0 rings (SSSR count). The summed E-state index contributed by atoms with van der Waals surface area (Å²) in [6, 6.07) is 0. The van der Waals surface area contributed by atoms with Gasteiger partial charge in [-0.15, -0.1) is 36.0 Å². The maximum Gasteiger partial charge on any atom is 0.00576 e. The van der Waals surface area contributed by atoms with Gasteiger partial charge in [-0.05, 0) is 27.7 Å². The zero-order valence-corrected chi connectivity index (χ0v) is 8.78. The quantitative estimate of drug-likeness (QED) is 0.503. The van der Waals surface area contributed by atoms with Crippen molar-refractivity contribution in [3.63, 3.8) is 0 Å². The highest BCUT2D eigenvalue weighted by Gasteiger charge is 1.43. The minimum Gasteiger partial charge on any atom is -0.120 e. The Morgan fingerprint density at radius 2 is 0.929 bits per heavy atom. The van der Waals surface area contributed by atoms with Crippen LogP contribution in [0.15, 0.2) is 0 Å². The molecule has 0 radical (unpaired) electrons. The summed E-state index contributed by atoms with van der Waals surface area (Å²) in [6.07, 6.45) is 5.62. The van der Waals surface area contributed by atoms with Gasteiger partial charge in [0, 0.05) is 6.42 Å². The van der Waals surface area contributed by atoms with Crippen LogP contribution in [0.1, 0.15) is 55.9 Å². The second-order valence-corrected chi connectivity index (χ2v) is 1.56. The molecule has 0 amide bonds. The molecule has 14 heavy (non-hydrogen) atoms. The number of terminal acetylenes is 1. The average molecular weight is 194 g/mol. The minimum atomic E-state index is 0. The zero-order valence-electron chi connectivity index (χ0n) is 8.78. The third-order valence-corrected chi connectivity index (χ3v) is 0.704. The highest BCUT2D eigenvalue weighted by atomic mass is 13.5. The van der Waals surface area contributed by atoms with E-state index in [1.54, 1.807) is 0 Å². The van der Waals surface area contributed by atoms with Crippen LogP contribution in [0.2, 0.25) is 0 Å². The van der Waals surface area contributed by atoms with Crippen LogP contribution in [0.25, 0.3) is 0 Å². The first-order valence-electron chi connectivity index (χ1n) is 3.85. The van der Waals surface area contributed by atoms with E-state index >= 15 is 0 Å².